The van der Waals surface area contributed by atoms with E-state index < -0.39 is 0 Å². The summed E-state index contributed by atoms with van der Waals surface area (Å²) in [5.74, 6) is 0.596. The van der Waals surface area contributed by atoms with E-state index in [0.717, 1.165) is 38.8 Å². The number of hydrogen-bond acceptors (Lipinski definition) is 3. The van der Waals surface area contributed by atoms with Crippen LogP contribution in [0.1, 0.15) is 32.6 Å². The van der Waals surface area contributed by atoms with E-state index in [1.165, 1.54) is 0 Å². The largest absolute Gasteiger partial charge is 0.396 e. The Morgan fingerprint density at radius 3 is 2.46 bits per heavy atom. The van der Waals surface area contributed by atoms with Gasteiger partial charge in [-0.1, -0.05) is 13.3 Å². The van der Waals surface area contributed by atoms with Crippen molar-refractivity contribution in [3.05, 3.63) is 0 Å². The van der Waals surface area contributed by atoms with Crippen molar-refractivity contribution in [3.63, 3.8) is 0 Å². The van der Waals surface area contributed by atoms with E-state index >= 15 is 0 Å². The molecule has 0 aliphatic heterocycles. The molecule has 0 spiro atoms. The summed E-state index contributed by atoms with van der Waals surface area (Å²) in [4.78, 5) is 0. The van der Waals surface area contributed by atoms with Crippen LogP contribution in [0.5, 0.6) is 0 Å². The Bertz CT molecular complexity index is 98.9. The molecule has 1 atom stereocenters. The molecule has 0 fully saturated rings. The molecule has 0 radical (unpaired) electrons. The lowest BCUT2D eigenvalue weighted by molar-refractivity contribution is 0.250. The zero-order valence-corrected chi connectivity index (χ0v) is 8.63. The minimum atomic E-state index is 0.287. The topological polar surface area (TPSA) is 52.5 Å². The van der Waals surface area contributed by atoms with E-state index in [4.69, 9.17) is 10.2 Å². The Morgan fingerprint density at radius 2 is 1.92 bits per heavy atom. The fraction of sp³-hybridized carbons (Fsp3) is 1.00. The Balaban J connectivity index is 3.17. The first-order valence-electron chi connectivity index (χ1n) is 5.27. The van der Waals surface area contributed by atoms with Gasteiger partial charge in [0.15, 0.2) is 0 Å². The van der Waals surface area contributed by atoms with Gasteiger partial charge in [-0.3, -0.25) is 0 Å². The predicted molar refractivity (Wildman–Crippen MR) is 54.7 cm³/mol. The molecule has 0 saturated heterocycles. The van der Waals surface area contributed by atoms with Crippen LogP contribution in [-0.2, 0) is 0 Å². The lowest BCUT2D eigenvalue weighted by Gasteiger charge is -2.13. The minimum Gasteiger partial charge on any atom is -0.396 e. The van der Waals surface area contributed by atoms with Crippen molar-refractivity contribution in [3.8, 4) is 0 Å². The molecular weight excluding hydrogens is 166 g/mol. The van der Waals surface area contributed by atoms with Gasteiger partial charge in [-0.15, -0.1) is 0 Å². The third-order valence-corrected chi connectivity index (χ3v) is 2.31. The van der Waals surface area contributed by atoms with Gasteiger partial charge in [-0.05, 0) is 38.3 Å². The van der Waals surface area contributed by atoms with Gasteiger partial charge in [-0.25, -0.2) is 0 Å². The van der Waals surface area contributed by atoms with Crippen molar-refractivity contribution in [2.45, 2.75) is 32.6 Å². The summed E-state index contributed by atoms with van der Waals surface area (Å²) in [5.41, 5.74) is 0. The second-order valence-corrected chi connectivity index (χ2v) is 3.42. The van der Waals surface area contributed by atoms with Crippen molar-refractivity contribution in [1.82, 2.24) is 5.32 Å². The fourth-order valence-corrected chi connectivity index (χ4v) is 1.30. The molecule has 0 aliphatic rings. The second-order valence-electron chi connectivity index (χ2n) is 3.42. The summed E-state index contributed by atoms with van der Waals surface area (Å²) in [6, 6.07) is 0. The monoisotopic (exact) mass is 189 g/mol. The van der Waals surface area contributed by atoms with Gasteiger partial charge in [-0.2, -0.15) is 0 Å². The highest BCUT2D eigenvalue weighted by Gasteiger charge is 2.03. The van der Waals surface area contributed by atoms with E-state index in [1.54, 1.807) is 0 Å². The van der Waals surface area contributed by atoms with Crippen LogP contribution in [0.3, 0.4) is 0 Å². The average molecular weight is 189 g/mol. The zero-order valence-electron chi connectivity index (χ0n) is 8.63. The number of unbranched alkanes of at least 4 members (excludes halogenated alkanes) is 1. The molecule has 13 heavy (non-hydrogen) atoms. The van der Waals surface area contributed by atoms with Crippen LogP contribution in [0.15, 0.2) is 0 Å². The summed E-state index contributed by atoms with van der Waals surface area (Å²) in [6.07, 6.45) is 3.92. The summed E-state index contributed by atoms with van der Waals surface area (Å²) >= 11 is 0. The number of rotatable bonds is 9. The van der Waals surface area contributed by atoms with Crippen LogP contribution in [-0.4, -0.2) is 36.5 Å². The fourth-order valence-electron chi connectivity index (χ4n) is 1.30. The van der Waals surface area contributed by atoms with Crippen LogP contribution in [0.4, 0.5) is 0 Å². The average Bonchev–Trinajstić information content (AvgIpc) is 2.16. The number of aliphatic hydroxyl groups is 2. The highest BCUT2D eigenvalue weighted by molar-refractivity contribution is 4.60. The smallest absolute Gasteiger partial charge is 0.0434 e. The minimum absolute atomic E-state index is 0.287. The Labute approximate surface area is 81.2 Å². The zero-order chi connectivity index (χ0) is 9.94. The van der Waals surface area contributed by atoms with Gasteiger partial charge < -0.3 is 15.5 Å². The molecule has 1 unspecified atom stereocenters. The van der Waals surface area contributed by atoms with Gasteiger partial charge in [0.25, 0.3) is 0 Å². The molecular formula is C10H23NO2. The molecule has 80 valence electrons. The molecule has 0 aromatic heterocycles. The van der Waals surface area contributed by atoms with Gasteiger partial charge in [0.2, 0.25) is 0 Å². The van der Waals surface area contributed by atoms with Crippen LogP contribution in [0, 0.1) is 5.92 Å². The first-order valence-corrected chi connectivity index (χ1v) is 5.27. The van der Waals surface area contributed by atoms with E-state index in [0.29, 0.717) is 5.92 Å². The van der Waals surface area contributed by atoms with Crippen molar-refractivity contribution in [1.29, 1.82) is 0 Å². The Morgan fingerprint density at radius 1 is 1.15 bits per heavy atom. The van der Waals surface area contributed by atoms with Crippen LogP contribution in [0.25, 0.3) is 0 Å². The molecule has 3 nitrogen and oxygen atoms in total. The molecule has 3 heteroatoms. The normalized spacial score (nSPS) is 13.2. The van der Waals surface area contributed by atoms with Gasteiger partial charge in [0, 0.05) is 13.2 Å². The molecule has 0 rings (SSSR count). The lowest BCUT2D eigenvalue weighted by Crippen LogP contribution is -2.24. The first-order chi connectivity index (χ1) is 6.35. The Hall–Kier alpha value is -0.120. The second kappa shape index (κ2) is 9.96. The number of aliphatic hydroxyl groups excluding tert-OH is 2. The molecule has 0 aromatic carbocycles. The molecule has 0 saturated carbocycles. The maximum Gasteiger partial charge on any atom is 0.0434 e. The molecule has 0 bridgehead atoms. The highest BCUT2D eigenvalue weighted by atomic mass is 16.3. The highest BCUT2D eigenvalue weighted by Crippen LogP contribution is 2.05. The van der Waals surface area contributed by atoms with Crippen LogP contribution in [0.2, 0.25) is 0 Å². The molecule has 0 heterocycles. The van der Waals surface area contributed by atoms with Gasteiger partial charge >= 0.3 is 0 Å². The maximum atomic E-state index is 8.75. The third kappa shape index (κ3) is 8.22. The summed E-state index contributed by atoms with van der Waals surface area (Å²) in [7, 11) is 0. The van der Waals surface area contributed by atoms with Crippen molar-refractivity contribution in [2.75, 3.05) is 26.3 Å². The molecule has 3 N–H and O–H groups in total. The molecule has 0 aliphatic carbocycles. The predicted octanol–water partition coefficient (Wildman–Crippen LogP) is 0.757. The lowest BCUT2D eigenvalue weighted by atomic mass is 10.0. The maximum absolute atomic E-state index is 8.75. The van der Waals surface area contributed by atoms with Crippen molar-refractivity contribution < 1.29 is 10.2 Å². The first kappa shape index (κ1) is 12.9. The van der Waals surface area contributed by atoms with E-state index in [1.807, 2.05) is 0 Å². The van der Waals surface area contributed by atoms with Gasteiger partial charge in [0.1, 0.15) is 0 Å². The van der Waals surface area contributed by atoms with Crippen LogP contribution < -0.4 is 5.32 Å². The van der Waals surface area contributed by atoms with E-state index in [-0.39, 0.29) is 13.2 Å². The van der Waals surface area contributed by atoms with Crippen molar-refractivity contribution in [2.24, 2.45) is 5.92 Å². The van der Waals surface area contributed by atoms with Crippen LogP contribution >= 0.6 is 0 Å². The summed E-state index contributed by atoms with van der Waals surface area (Å²) in [5, 5.41) is 20.6. The van der Waals surface area contributed by atoms with Crippen molar-refractivity contribution >= 4 is 0 Å². The molecule has 0 aromatic rings. The third-order valence-electron chi connectivity index (χ3n) is 2.31. The van der Waals surface area contributed by atoms with E-state index in [2.05, 4.69) is 12.2 Å². The molecule has 0 amide bonds. The van der Waals surface area contributed by atoms with Gasteiger partial charge in [0.05, 0.1) is 0 Å². The summed E-state index contributed by atoms with van der Waals surface area (Å²) in [6.45, 7) is 4.69. The standard InChI is InChI=1S/C10H23NO2/c1-2-10(5-8-13)9-11-6-3-4-7-12/h10-13H,2-9H2,1H3. The Kier molecular flexibility index (Phi) is 9.87. The van der Waals surface area contributed by atoms with E-state index in [9.17, 15) is 0 Å². The number of nitrogens with one attached hydrogen (secondary N) is 1. The summed E-state index contributed by atoms with van der Waals surface area (Å²) < 4.78 is 0. The quantitative estimate of drug-likeness (QED) is 0.469. The SMILES string of the molecule is CCC(CCO)CNCCCCO. The number of hydrogen-bond donors (Lipinski definition) is 3.